The topological polar surface area (TPSA) is 80.5 Å². The molecule has 4 rings (SSSR count). The Morgan fingerprint density at radius 2 is 1.52 bits per heavy atom. The highest BCUT2D eigenvalue weighted by Gasteiger charge is 2.61. The monoisotopic (exact) mass is 286 g/mol. The molecule has 4 atom stereocenters. The number of hydrogen-bond donors (Lipinski definition) is 0. The van der Waals surface area contributed by atoms with Crippen LogP contribution in [0, 0.1) is 33.8 Å². The van der Waals surface area contributed by atoms with Gasteiger partial charge in [0.2, 0.25) is 11.8 Å². The summed E-state index contributed by atoms with van der Waals surface area (Å²) in [5.74, 6) is 0.133. The molecule has 108 valence electrons. The lowest BCUT2D eigenvalue weighted by Crippen LogP contribution is -2.32. The van der Waals surface area contributed by atoms with E-state index in [2.05, 4.69) is 0 Å². The van der Waals surface area contributed by atoms with Crippen LogP contribution in [0.25, 0.3) is 0 Å². The number of nitro groups is 1. The van der Waals surface area contributed by atoms with Gasteiger partial charge in [0, 0.05) is 12.1 Å². The van der Waals surface area contributed by atoms with Gasteiger partial charge in [-0.05, 0) is 43.2 Å². The summed E-state index contributed by atoms with van der Waals surface area (Å²) in [5.41, 5.74) is 0.405. The van der Waals surface area contributed by atoms with Crippen molar-refractivity contribution in [2.75, 3.05) is 4.90 Å². The Kier molecular flexibility index (Phi) is 2.46. The lowest BCUT2D eigenvalue weighted by Gasteiger charge is -2.19. The minimum absolute atomic E-state index is 0.0434. The molecule has 2 amide bonds. The third-order valence-electron chi connectivity index (χ3n) is 5.25. The van der Waals surface area contributed by atoms with Gasteiger partial charge in [-0.2, -0.15) is 0 Å². The van der Waals surface area contributed by atoms with Crippen LogP contribution in [0.2, 0.25) is 0 Å². The van der Waals surface area contributed by atoms with Crippen LogP contribution in [-0.4, -0.2) is 16.7 Å². The molecule has 6 heteroatoms. The molecule has 2 bridgehead atoms. The summed E-state index contributed by atoms with van der Waals surface area (Å²) in [4.78, 5) is 36.6. The Morgan fingerprint density at radius 1 is 1.00 bits per heavy atom. The summed E-state index contributed by atoms with van der Waals surface area (Å²) in [7, 11) is 0. The minimum Gasteiger partial charge on any atom is -0.274 e. The second-order valence-electron chi connectivity index (χ2n) is 6.17. The first-order valence-electron chi connectivity index (χ1n) is 7.20. The van der Waals surface area contributed by atoms with Crippen molar-refractivity contribution in [3.05, 3.63) is 34.4 Å². The van der Waals surface area contributed by atoms with Crippen molar-refractivity contribution in [1.29, 1.82) is 0 Å². The Hall–Kier alpha value is -2.24. The molecule has 3 aliphatic rings. The number of anilines is 1. The summed E-state index contributed by atoms with van der Waals surface area (Å²) in [6, 6.07) is 5.63. The van der Waals surface area contributed by atoms with E-state index < -0.39 is 4.92 Å². The fraction of sp³-hybridized carbons (Fsp3) is 0.467. The van der Waals surface area contributed by atoms with E-state index in [1.165, 1.54) is 29.2 Å². The number of nitrogens with zero attached hydrogens (tertiary/aromatic N) is 2. The van der Waals surface area contributed by atoms with Crippen molar-refractivity contribution >= 4 is 23.2 Å². The third kappa shape index (κ3) is 1.58. The van der Waals surface area contributed by atoms with Crippen molar-refractivity contribution in [3.8, 4) is 0 Å². The van der Waals surface area contributed by atoms with Crippen molar-refractivity contribution in [1.82, 2.24) is 0 Å². The number of rotatable bonds is 2. The number of imide groups is 1. The first kappa shape index (κ1) is 12.5. The molecule has 21 heavy (non-hydrogen) atoms. The van der Waals surface area contributed by atoms with Crippen LogP contribution in [0.4, 0.5) is 11.4 Å². The second kappa shape index (κ2) is 4.13. The maximum absolute atomic E-state index is 12.6. The van der Waals surface area contributed by atoms with Crippen LogP contribution in [0.1, 0.15) is 19.3 Å². The zero-order valence-electron chi connectivity index (χ0n) is 11.3. The number of hydrogen-bond acceptors (Lipinski definition) is 4. The number of fused-ring (bicyclic) bond motifs is 5. The first-order valence-corrected chi connectivity index (χ1v) is 7.20. The predicted molar refractivity (Wildman–Crippen MR) is 73.4 cm³/mol. The Balaban J connectivity index is 1.68. The largest absolute Gasteiger partial charge is 0.274 e. The van der Waals surface area contributed by atoms with Crippen molar-refractivity contribution in [3.63, 3.8) is 0 Å². The molecule has 2 saturated carbocycles. The molecule has 2 aliphatic carbocycles. The van der Waals surface area contributed by atoms with Crippen molar-refractivity contribution in [2.24, 2.45) is 23.7 Å². The number of carbonyl (C=O) groups is 2. The van der Waals surface area contributed by atoms with E-state index in [4.69, 9.17) is 0 Å². The maximum Gasteiger partial charge on any atom is 0.269 e. The second-order valence-corrected chi connectivity index (χ2v) is 6.17. The Morgan fingerprint density at radius 3 is 2.00 bits per heavy atom. The zero-order chi connectivity index (χ0) is 14.7. The molecular weight excluding hydrogens is 272 g/mol. The molecule has 1 heterocycles. The summed E-state index contributed by atoms with van der Waals surface area (Å²) in [6.07, 6.45) is 3.08. The molecule has 1 aliphatic heterocycles. The van der Waals surface area contributed by atoms with E-state index in [-0.39, 0.29) is 29.3 Å². The predicted octanol–water partition coefficient (Wildman–Crippen LogP) is 2.13. The number of carbonyl (C=O) groups excluding carboxylic acids is 2. The van der Waals surface area contributed by atoms with E-state index in [0.717, 1.165) is 19.3 Å². The lowest BCUT2D eigenvalue weighted by molar-refractivity contribution is -0.384. The molecule has 0 spiro atoms. The van der Waals surface area contributed by atoms with E-state index in [1.54, 1.807) is 0 Å². The van der Waals surface area contributed by atoms with Crippen LogP contribution >= 0.6 is 0 Å². The minimum atomic E-state index is -0.494. The summed E-state index contributed by atoms with van der Waals surface area (Å²) >= 11 is 0. The molecule has 0 aromatic heterocycles. The lowest BCUT2D eigenvalue weighted by atomic mass is 9.81. The number of non-ortho nitro benzene ring substituents is 1. The van der Waals surface area contributed by atoms with E-state index in [0.29, 0.717) is 17.5 Å². The molecule has 0 unspecified atom stereocenters. The molecular formula is C15H14N2O4. The Bertz CT molecular complexity index is 626. The SMILES string of the molecule is O=C1[C@H]2[C@H]3CC[C@@H](C3)[C@@H]2C(=O)N1c1ccc([N+](=O)[O-])cc1. The smallest absolute Gasteiger partial charge is 0.269 e. The van der Waals surface area contributed by atoms with Gasteiger partial charge in [0.15, 0.2) is 0 Å². The van der Waals surface area contributed by atoms with Crippen LogP contribution in [0.3, 0.4) is 0 Å². The van der Waals surface area contributed by atoms with Gasteiger partial charge in [-0.1, -0.05) is 0 Å². The average Bonchev–Trinajstić information content (AvgIpc) is 3.13. The van der Waals surface area contributed by atoms with Gasteiger partial charge < -0.3 is 0 Å². The molecule has 1 saturated heterocycles. The van der Waals surface area contributed by atoms with Crippen LogP contribution in [-0.2, 0) is 9.59 Å². The number of amides is 2. The number of nitro benzene ring substituents is 1. The zero-order valence-corrected chi connectivity index (χ0v) is 11.3. The molecule has 6 nitrogen and oxygen atoms in total. The quantitative estimate of drug-likeness (QED) is 0.474. The van der Waals surface area contributed by atoms with E-state index in [9.17, 15) is 19.7 Å². The molecule has 1 aromatic carbocycles. The van der Waals surface area contributed by atoms with Gasteiger partial charge in [-0.25, -0.2) is 0 Å². The normalized spacial score (nSPS) is 33.6. The highest BCUT2D eigenvalue weighted by atomic mass is 16.6. The fourth-order valence-corrected chi connectivity index (χ4v) is 4.39. The van der Waals surface area contributed by atoms with Gasteiger partial charge >= 0.3 is 0 Å². The van der Waals surface area contributed by atoms with E-state index in [1.807, 2.05) is 0 Å². The van der Waals surface area contributed by atoms with Gasteiger partial charge in [0.25, 0.3) is 5.69 Å². The van der Waals surface area contributed by atoms with Gasteiger partial charge in [-0.3, -0.25) is 24.6 Å². The van der Waals surface area contributed by atoms with Crippen LogP contribution < -0.4 is 4.90 Å². The van der Waals surface area contributed by atoms with Crippen molar-refractivity contribution in [2.45, 2.75) is 19.3 Å². The van der Waals surface area contributed by atoms with Gasteiger partial charge in [0.05, 0.1) is 22.4 Å². The summed E-state index contributed by atoms with van der Waals surface area (Å²) < 4.78 is 0. The van der Waals surface area contributed by atoms with Gasteiger partial charge in [-0.15, -0.1) is 0 Å². The molecule has 0 N–H and O–H groups in total. The fourth-order valence-electron chi connectivity index (χ4n) is 4.39. The highest BCUT2D eigenvalue weighted by molar-refractivity contribution is 6.22. The van der Waals surface area contributed by atoms with Crippen LogP contribution in [0.5, 0.6) is 0 Å². The molecule has 3 fully saturated rings. The average molecular weight is 286 g/mol. The maximum atomic E-state index is 12.6. The standard InChI is InChI=1S/C15H14N2O4/c18-14-12-8-1-2-9(7-8)13(12)15(19)16(14)10-3-5-11(6-4-10)17(20)21/h3-6,8-9,12-13H,1-2,7H2/t8-,9-,12-,13-/m0/s1. The van der Waals surface area contributed by atoms with E-state index >= 15 is 0 Å². The highest BCUT2D eigenvalue weighted by Crippen LogP contribution is 2.56. The first-order chi connectivity index (χ1) is 10.1. The van der Waals surface area contributed by atoms with Crippen molar-refractivity contribution < 1.29 is 14.5 Å². The molecule has 1 aromatic rings. The third-order valence-corrected chi connectivity index (χ3v) is 5.25. The summed E-state index contributed by atoms with van der Waals surface area (Å²) in [6.45, 7) is 0. The van der Waals surface area contributed by atoms with Gasteiger partial charge in [0.1, 0.15) is 0 Å². The Labute approximate surface area is 120 Å². The van der Waals surface area contributed by atoms with Crippen LogP contribution in [0.15, 0.2) is 24.3 Å². The number of benzene rings is 1. The summed E-state index contributed by atoms with van der Waals surface area (Å²) in [5, 5.41) is 10.7. The molecule has 0 radical (unpaired) electrons.